The SMILES string of the molecule is CC(C)(CCCCSc1ncn[nH]1)C(N)=NO. The standard InChI is InChI=1S/C10H19N5OS/c1-10(2,8(11)15-16)5-3-4-6-17-9-12-7-13-14-9/h7,16H,3-6H2,1-2H3,(H2,11,15)(H,12,13,14). The van der Waals surface area contributed by atoms with E-state index in [4.69, 9.17) is 10.9 Å². The molecule has 6 nitrogen and oxygen atoms in total. The number of aromatic nitrogens is 3. The van der Waals surface area contributed by atoms with E-state index >= 15 is 0 Å². The second kappa shape index (κ2) is 6.48. The van der Waals surface area contributed by atoms with Gasteiger partial charge in [-0.1, -0.05) is 37.2 Å². The number of oxime groups is 1. The molecular weight excluding hydrogens is 238 g/mol. The maximum Gasteiger partial charge on any atom is 0.183 e. The third kappa shape index (κ3) is 4.64. The molecule has 0 atom stereocenters. The summed E-state index contributed by atoms with van der Waals surface area (Å²) in [6, 6.07) is 0. The van der Waals surface area contributed by atoms with Crippen LogP contribution in [0.1, 0.15) is 33.1 Å². The van der Waals surface area contributed by atoms with Crippen molar-refractivity contribution in [2.75, 3.05) is 5.75 Å². The van der Waals surface area contributed by atoms with Crippen LogP contribution in [0.15, 0.2) is 16.6 Å². The Morgan fingerprint density at radius 1 is 1.59 bits per heavy atom. The van der Waals surface area contributed by atoms with Crippen molar-refractivity contribution in [3.8, 4) is 0 Å². The molecule has 1 aromatic heterocycles. The van der Waals surface area contributed by atoms with E-state index in [1.165, 1.54) is 6.33 Å². The largest absolute Gasteiger partial charge is 0.409 e. The van der Waals surface area contributed by atoms with Crippen LogP contribution in [0.5, 0.6) is 0 Å². The molecule has 0 aromatic carbocycles. The van der Waals surface area contributed by atoms with E-state index in [-0.39, 0.29) is 5.41 Å². The van der Waals surface area contributed by atoms with Gasteiger partial charge < -0.3 is 10.9 Å². The zero-order chi connectivity index (χ0) is 12.7. The predicted octanol–water partition coefficient (Wildman–Crippen LogP) is 1.84. The minimum atomic E-state index is -0.244. The van der Waals surface area contributed by atoms with Crippen molar-refractivity contribution in [2.24, 2.45) is 16.3 Å². The van der Waals surface area contributed by atoms with Gasteiger partial charge in [-0.15, -0.1) is 0 Å². The van der Waals surface area contributed by atoms with Gasteiger partial charge in [0.1, 0.15) is 12.2 Å². The third-order valence-electron chi connectivity index (χ3n) is 2.63. The molecule has 4 N–H and O–H groups in total. The summed E-state index contributed by atoms with van der Waals surface area (Å²) in [5.41, 5.74) is 5.37. The minimum Gasteiger partial charge on any atom is -0.409 e. The molecule has 1 rings (SSSR count). The van der Waals surface area contributed by atoms with Gasteiger partial charge in [0.2, 0.25) is 0 Å². The maximum absolute atomic E-state index is 8.64. The predicted molar refractivity (Wildman–Crippen MR) is 68.1 cm³/mol. The highest BCUT2D eigenvalue weighted by atomic mass is 32.2. The molecule has 0 radical (unpaired) electrons. The van der Waals surface area contributed by atoms with Crippen molar-refractivity contribution >= 4 is 17.6 Å². The molecule has 1 aromatic rings. The first kappa shape index (κ1) is 13.8. The summed E-state index contributed by atoms with van der Waals surface area (Å²) in [6.07, 6.45) is 4.50. The van der Waals surface area contributed by atoms with Crippen molar-refractivity contribution < 1.29 is 5.21 Å². The zero-order valence-electron chi connectivity index (χ0n) is 10.2. The highest BCUT2D eigenvalue weighted by molar-refractivity contribution is 7.99. The molecule has 0 bridgehead atoms. The number of H-pyrrole nitrogens is 1. The molecule has 17 heavy (non-hydrogen) atoms. The number of amidine groups is 1. The number of thioether (sulfide) groups is 1. The number of unbranched alkanes of at least 4 members (excludes halogenated alkanes) is 1. The highest BCUT2D eigenvalue weighted by Crippen LogP contribution is 2.24. The molecule has 0 unspecified atom stereocenters. The summed E-state index contributed by atoms with van der Waals surface area (Å²) in [5, 5.41) is 19.1. The quantitative estimate of drug-likeness (QED) is 0.173. The number of nitrogens with zero attached hydrogens (tertiary/aromatic N) is 3. The molecule has 0 spiro atoms. The lowest BCUT2D eigenvalue weighted by atomic mass is 9.86. The summed E-state index contributed by atoms with van der Waals surface area (Å²) in [7, 11) is 0. The van der Waals surface area contributed by atoms with E-state index in [0.29, 0.717) is 5.84 Å². The summed E-state index contributed by atoms with van der Waals surface area (Å²) in [4.78, 5) is 4.03. The topological polar surface area (TPSA) is 100 Å². The molecular formula is C10H19N5OS. The molecule has 1 heterocycles. The van der Waals surface area contributed by atoms with Crippen LogP contribution in [0.4, 0.5) is 0 Å². The lowest BCUT2D eigenvalue weighted by Crippen LogP contribution is -2.31. The van der Waals surface area contributed by atoms with E-state index < -0.39 is 0 Å². The number of aromatic amines is 1. The second-order valence-electron chi connectivity index (χ2n) is 4.47. The van der Waals surface area contributed by atoms with E-state index in [1.807, 2.05) is 13.8 Å². The first-order valence-electron chi connectivity index (χ1n) is 5.52. The minimum absolute atomic E-state index is 0.244. The van der Waals surface area contributed by atoms with E-state index in [0.717, 1.165) is 30.2 Å². The Balaban J connectivity index is 2.16. The van der Waals surface area contributed by atoms with Crippen LogP contribution >= 0.6 is 11.8 Å². The van der Waals surface area contributed by atoms with Gasteiger partial charge in [0.25, 0.3) is 0 Å². The van der Waals surface area contributed by atoms with Crippen LogP contribution in [-0.4, -0.2) is 32.0 Å². The number of hydrogen-bond donors (Lipinski definition) is 3. The van der Waals surface area contributed by atoms with Gasteiger partial charge in [0.05, 0.1) is 0 Å². The fraction of sp³-hybridized carbons (Fsp3) is 0.700. The Kier molecular flexibility index (Phi) is 5.27. The zero-order valence-corrected chi connectivity index (χ0v) is 11.0. The van der Waals surface area contributed by atoms with E-state index in [9.17, 15) is 0 Å². The van der Waals surface area contributed by atoms with Crippen LogP contribution in [0.3, 0.4) is 0 Å². The van der Waals surface area contributed by atoms with Crippen LogP contribution in [0.25, 0.3) is 0 Å². The van der Waals surface area contributed by atoms with E-state index in [2.05, 4.69) is 20.3 Å². The Morgan fingerprint density at radius 2 is 2.35 bits per heavy atom. The van der Waals surface area contributed by atoms with Crippen LogP contribution in [-0.2, 0) is 0 Å². The average molecular weight is 257 g/mol. The first-order valence-corrected chi connectivity index (χ1v) is 6.51. The normalized spacial score (nSPS) is 12.9. The molecule has 0 aliphatic carbocycles. The molecule has 0 aliphatic heterocycles. The molecule has 0 aliphatic rings. The van der Waals surface area contributed by atoms with Gasteiger partial charge in [-0.2, -0.15) is 5.10 Å². The van der Waals surface area contributed by atoms with Crippen LogP contribution in [0.2, 0.25) is 0 Å². The summed E-state index contributed by atoms with van der Waals surface area (Å²) >= 11 is 1.65. The summed E-state index contributed by atoms with van der Waals surface area (Å²) in [6.45, 7) is 3.96. The van der Waals surface area contributed by atoms with Gasteiger partial charge in [0, 0.05) is 11.2 Å². The fourth-order valence-corrected chi connectivity index (χ4v) is 2.15. The monoisotopic (exact) mass is 257 g/mol. The van der Waals surface area contributed by atoms with E-state index in [1.54, 1.807) is 11.8 Å². The van der Waals surface area contributed by atoms with Crippen molar-refractivity contribution in [1.82, 2.24) is 15.2 Å². The lowest BCUT2D eigenvalue weighted by Gasteiger charge is -2.22. The average Bonchev–Trinajstić information content (AvgIpc) is 2.80. The molecule has 0 fully saturated rings. The Labute approximate surface area is 105 Å². The van der Waals surface area contributed by atoms with Crippen molar-refractivity contribution in [1.29, 1.82) is 0 Å². The Morgan fingerprint density at radius 3 is 2.94 bits per heavy atom. The molecule has 7 heteroatoms. The summed E-state index contributed by atoms with van der Waals surface area (Å²) in [5.74, 6) is 1.28. The summed E-state index contributed by atoms with van der Waals surface area (Å²) < 4.78 is 0. The number of nitrogens with one attached hydrogen (secondary N) is 1. The third-order valence-corrected chi connectivity index (χ3v) is 3.59. The Bertz CT molecular complexity index is 350. The molecule has 0 saturated heterocycles. The van der Waals surface area contributed by atoms with Crippen molar-refractivity contribution in [3.05, 3.63) is 6.33 Å². The number of hydrogen-bond acceptors (Lipinski definition) is 5. The van der Waals surface area contributed by atoms with Gasteiger partial charge in [-0.25, -0.2) is 4.98 Å². The highest BCUT2D eigenvalue weighted by Gasteiger charge is 2.22. The van der Waals surface area contributed by atoms with Gasteiger partial charge in [-0.05, 0) is 12.8 Å². The van der Waals surface area contributed by atoms with Crippen LogP contribution < -0.4 is 5.73 Å². The number of rotatable bonds is 7. The molecule has 0 saturated carbocycles. The molecule has 0 amide bonds. The lowest BCUT2D eigenvalue weighted by molar-refractivity contribution is 0.304. The van der Waals surface area contributed by atoms with Crippen molar-refractivity contribution in [2.45, 2.75) is 38.3 Å². The maximum atomic E-state index is 8.64. The fourth-order valence-electron chi connectivity index (χ4n) is 1.37. The van der Waals surface area contributed by atoms with Gasteiger partial charge in [-0.3, -0.25) is 5.10 Å². The Hall–Kier alpha value is -1.24. The van der Waals surface area contributed by atoms with Crippen molar-refractivity contribution in [3.63, 3.8) is 0 Å². The van der Waals surface area contributed by atoms with Gasteiger partial charge in [0.15, 0.2) is 5.16 Å². The second-order valence-corrected chi connectivity index (χ2v) is 5.55. The van der Waals surface area contributed by atoms with Crippen LogP contribution in [0, 0.1) is 5.41 Å². The smallest absolute Gasteiger partial charge is 0.183 e. The number of nitrogens with two attached hydrogens (primary N) is 1. The molecule has 96 valence electrons. The van der Waals surface area contributed by atoms with Gasteiger partial charge >= 0.3 is 0 Å². The first-order chi connectivity index (χ1) is 8.06.